The Morgan fingerprint density at radius 3 is 2.78 bits per heavy atom. The summed E-state index contributed by atoms with van der Waals surface area (Å²) in [4.78, 5) is 17.7. The van der Waals surface area contributed by atoms with Crippen LogP contribution in [0, 0.1) is 0 Å². The van der Waals surface area contributed by atoms with Gasteiger partial charge in [-0.2, -0.15) is 0 Å². The lowest BCUT2D eigenvalue weighted by atomic mass is 10.4. The third kappa shape index (κ3) is 4.46. The van der Waals surface area contributed by atoms with E-state index in [4.69, 9.17) is 0 Å². The highest BCUT2D eigenvalue weighted by Gasteiger charge is 2.13. The topological polar surface area (TPSA) is 95.2 Å². The van der Waals surface area contributed by atoms with Crippen LogP contribution in [0.4, 0.5) is 5.82 Å². The van der Waals surface area contributed by atoms with E-state index < -0.39 is 10.0 Å². The van der Waals surface area contributed by atoms with Crippen molar-refractivity contribution in [2.75, 3.05) is 31.2 Å². The van der Waals surface area contributed by atoms with E-state index in [1.165, 1.54) is 23.0 Å². The molecule has 1 aromatic rings. The first-order valence-corrected chi connectivity index (χ1v) is 7.52. The van der Waals surface area contributed by atoms with Crippen molar-refractivity contribution in [3.8, 4) is 0 Å². The van der Waals surface area contributed by atoms with Gasteiger partial charge in [-0.3, -0.25) is 4.79 Å². The van der Waals surface area contributed by atoms with Gasteiger partial charge in [-0.1, -0.05) is 6.92 Å². The zero-order valence-electron chi connectivity index (χ0n) is 10.5. The van der Waals surface area contributed by atoms with Gasteiger partial charge in [0.2, 0.25) is 10.0 Å². The number of hydrogen-bond donors (Lipinski definition) is 2. The zero-order valence-corrected chi connectivity index (χ0v) is 11.3. The van der Waals surface area contributed by atoms with E-state index >= 15 is 0 Å². The molecule has 0 atom stereocenters. The molecule has 7 nitrogen and oxygen atoms in total. The van der Waals surface area contributed by atoms with Gasteiger partial charge in [-0.05, 0) is 6.42 Å². The number of hydrogen-bond acceptors (Lipinski definition) is 5. The Balaban J connectivity index is 2.40. The molecule has 1 aromatic heterocycles. The summed E-state index contributed by atoms with van der Waals surface area (Å²) in [5.41, 5.74) is -0.284. The number of H-pyrrole nitrogens is 1. The second-order valence-electron chi connectivity index (χ2n) is 3.80. The summed E-state index contributed by atoms with van der Waals surface area (Å²) in [5, 5.41) is 2.87. The number of anilines is 1. The van der Waals surface area contributed by atoms with Crippen molar-refractivity contribution in [1.82, 2.24) is 14.3 Å². The van der Waals surface area contributed by atoms with Crippen molar-refractivity contribution in [2.24, 2.45) is 0 Å². The summed E-state index contributed by atoms with van der Waals surface area (Å²) in [6.07, 6.45) is 4.74. The average Bonchev–Trinajstić information content (AvgIpc) is 2.29. The molecule has 18 heavy (non-hydrogen) atoms. The smallest absolute Gasteiger partial charge is 0.290 e. The maximum atomic E-state index is 11.3. The number of rotatable bonds is 7. The minimum atomic E-state index is -3.15. The third-order valence-corrected chi connectivity index (χ3v) is 3.78. The van der Waals surface area contributed by atoms with Crippen molar-refractivity contribution in [3.05, 3.63) is 22.7 Å². The monoisotopic (exact) mass is 274 g/mol. The molecule has 0 aliphatic heterocycles. The van der Waals surface area contributed by atoms with Gasteiger partial charge in [0.25, 0.3) is 5.56 Å². The van der Waals surface area contributed by atoms with E-state index in [1.54, 1.807) is 6.92 Å². The van der Waals surface area contributed by atoms with E-state index in [-0.39, 0.29) is 11.4 Å². The van der Waals surface area contributed by atoms with Gasteiger partial charge >= 0.3 is 0 Å². The Kier molecular flexibility index (Phi) is 5.29. The summed E-state index contributed by atoms with van der Waals surface area (Å²) in [7, 11) is -3.15. The quantitative estimate of drug-likeness (QED) is 0.674. The minimum Gasteiger partial charge on any atom is -0.365 e. The normalized spacial score (nSPS) is 11.7. The Labute approximate surface area is 106 Å². The lowest BCUT2D eigenvalue weighted by molar-refractivity contribution is 0.428. The molecule has 1 heterocycles. The predicted octanol–water partition coefficient (Wildman–Crippen LogP) is -0.147. The van der Waals surface area contributed by atoms with Crippen LogP contribution in [0.1, 0.15) is 13.3 Å². The van der Waals surface area contributed by atoms with Crippen LogP contribution < -0.4 is 10.9 Å². The maximum absolute atomic E-state index is 11.3. The summed E-state index contributed by atoms with van der Waals surface area (Å²) < 4.78 is 24.0. The van der Waals surface area contributed by atoms with Gasteiger partial charge in [0.15, 0.2) is 5.82 Å². The average molecular weight is 274 g/mol. The van der Waals surface area contributed by atoms with Gasteiger partial charge < -0.3 is 10.3 Å². The van der Waals surface area contributed by atoms with E-state index in [0.29, 0.717) is 26.1 Å². The molecule has 0 saturated carbocycles. The summed E-state index contributed by atoms with van der Waals surface area (Å²) >= 11 is 0. The van der Waals surface area contributed by atoms with Crippen LogP contribution >= 0.6 is 0 Å². The van der Waals surface area contributed by atoms with Gasteiger partial charge in [0.1, 0.15) is 0 Å². The molecule has 0 amide bonds. The second-order valence-corrected chi connectivity index (χ2v) is 5.78. The van der Waals surface area contributed by atoms with Gasteiger partial charge in [0, 0.05) is 32.0 Å². The zero-order chi connectivity index (χ0) is 13.6. The van der Waals surface area contributed by atoms with E-state index in [9.17, 15) is 13.2 Å². The maximum Gasteiger partial charge on any atom is 0.290 e. The Bertz CT molecular complexity index is 526. The van der Waals surface area contributed by atoms with Crippen LogP contribution in [-0.4, -0.2) is 48.6 Å². The van der Waals surface area contributed by atoms with Crippen molar-refractivity contribution in [3.63, 3.8) is 0 Å². The van der Waals surface area contributed by atoms with Gasteiger partial charge in [0.05, 0.1) is 6.26 Å². The highest BCUT2D eigenvalue weighted by Crippen LogP contribution is 1.99. The molecule has 0 spiro atoms. The fourth-order valence-corrected chi connectivity index (χ4v) is 2.43. The van der Waals surface area contributed by atoms with Crippen LogP contribution in [0.25, 0.3) is 0 Å². The fraction of sp³-hybridized carbons (Fsp3) is 0.600. The predicted molar refractivity (Wildman–Crippen MR) is 70.1 cm³/mol. The highest BCUT2D eigenvalue weighted by atomic mass is 32.2. The molecule has 0 aliphatic carbocycles. The van der Waals surface area contributed by atoms with Crippen LogP contribution in [0.15, 0.2) is 17.2 Å². The molecule has 0 bridgehead atoms. The van der Waals surface area contributed by atoms with Crippen LogP contribution in [-0.2, 0) is 10.0 Å². The molecule has 0 aliphatic rings. The summed E-state index contributed by atoms with van der Waals surface area (Å²) in [6.45, 7) is 3.15. The molecular formula is C10H18N4O3S. The number of nitrogens with zero attached hydrogens (tertiary/aromatic N) is 2. The molecule has 0 saturated heterocycles. The molecule has 2 N–H and O–H groups in total. The molecule has 0 radical (unpaired) electrons. The van der Waals surface area contributed by atoms with E-state index in [1.807, 2.05) is 0 Å². The minimum absolute atomic E-state index is 0.250. The van der Waals surface area contributed by atoms with Crippen molar-refractivity contribution in [1.29, 1.82) is 0 Å². The summed E-state index contributed by atoms with van der Waals surface area (Å²) in [6, 6.07) is 0. The highest BCUT2D eigenvalue weighted by molar-refractivity contribution is 7.88. The number of nitrogens with one attached hydrogen (secondary N) is 2. The third-order valence-electron chi connectivity index (χ3n) is 2.41. The van der Waals surface area contributed by atoms with Gasteiger partial charge in [-0.15, -0.1) is 0 Å². The van der Waals surface area contributed by atoms with E-state index in [2.05, 4.69) is 15.3 Å². The first kappa shape index (κ1) is 14.7. The lowest BCUT2D eigenvalue weighted by Crippen LogP contribution is -2.31. The first-order valence-electron chi connectivity index (χ1n) is 5.68. The molecular weight excluding hydrogens is 256 g/mol. The van der Waals surface area contributed by atoms with E-state index in [0.717, 1.165) is 0 Å². The first-order chi connectivity index (χ1) is 8.45. The van der Waals surface area contributed by atoms with Gasteiger partial charge in [-0.25, -0.2) is 17.7 Å². The van der Waals surface area contributed by atoms with Crippen molar-refractivity contribution >= 4 is 15.8 Å². The SMILES string of the molecule is CCN(CCCNc1ncc[nH]c1=O)S(C)(=O)=O. The van der Waals surface area contributed by atoms with Crippen LogP contribution in [0.5, 0.6) is 0 Å². The standard InChI is InChI=1S/C10H18N4O3S/c1-3-14(18(2,16)17)8-4-5-11-9-10(15)13-7-6-12-9/h6-7H,3-5,8H2,1-2H3,(H,11,12)(H,13,15). The summed E-state index contributed by atoms with van der Waals surface area (Å²) in [5.74, 6) is 0.250. The van der Waals surface area contributed by atoms with Crippen molar-refractivity contribution in [2.45, 2.75) is 13.3 Å². The van der Waals surface area contributed by atoms with Crippen LogP contribution in [0.2, 0.25) is 0 Å². The Morgan fingerprint density at radius 1 is 1.50 bits per heavy atom. The largest absolute Gasteiger partial charge is 0.365 e. The molecule has 0 aromatic carbocycles. The number of sulfonamides is 1. The Hall–Kier alpha value is -1.41. The molecule has 0 unspecified atom stereocenters. The second kappa shape index (κ2) is 6.50. The fourth-order valence-electron chi connectivity index (χ4n) is 1.50. The number of aromatic nitrogens is 2. The van der Waals surface area contributed by atoms with Crippen molar-refractivity contribution < 1.29 is 8.42 Å². The molecule has 0 fully saturated rings. The Morgan fingerprint density at radius 2 is 2.22 bits per heavy atom. The molecule has 8 heteroatoms. The molecule has 1 rings (SSSR count). The molecule has 102 valence electrons. The number of aromatic amines is 1. The van der Waals surface area contributed by atoms with Crippen LogP contribution in [0.3, 0.4) is 0 Å². The lowest BCUT2D eigenvalue weighted by Gasteiger charge is -2.17.